The van der Waals surface area contributed by atoms with Crippen LogP contribution in [0.4, 0.5) is 4.39 Å². The molecule has 1 aliphatic rings. The number of nitrogens with zero attached hydrogens (tertiary/aromatic N) is 1. The van der Waals surface area contributed by atoms with Crippen LogP contribution in [0.1, 0.15) is 89.7 Å². The smallest absolute Gasteiger partial charge is 0.213 e. The Morgan fingerprint density at radius 3 is 2.12 bits per heavy atom. The molecule has 0 radical (unpaired) electrons. The maximum Gasteiger partial charge on any atom is 0.213 e. The predicted molar refractivity (Wildman–Crippen MR) is 207 cm³/mol. The number of benzene rings is 3. The molecule has 280 valence electrons. The van der Waals surface area contributed by atoms with Crippen LogP contribution in [0.3, 0.4) is 0 Å². The maximum absolute atomic E-state index is 15.2. The molecule has 2 heterocycles. The van der Waals surface area contributed by atoms with E-state index >= 15 is 4.39 Å². The molecule has 1 aromatic heterocycles. The van der Waals surface area contributed by atoms with Crippen molar-refractivity contribution < 1.29 is 32.5 Å². The Morgan fingerprint density at radius 2 is 1.50 bits per heavy atom. The molecule has 9 heteroatoms. The minimum absolute atomic E-state index is 0.0538. The summed E-state index contributed by atoms with van der Waals surface area (Å²) in [5.74, 6) is 0.849. The Balaban J connectivity index is 1.17. The summed E-state index contributed by atoms with van der Waals surface area (Å²) in [4.78, 5) is 4.63. The number of pyridine rings is 1. The highest BCUT2D eigenvalue weighted by atomic mass is 28.4. The Hall–Kier alpha value is -3.60. The molecule has 1 saturated heterocycles. The zero-order valence-electron chi connectivity index (χ0n) is 32.1. The fourth-order valence-electron chi connectivity index (χ4n) is 7.62. The second-order valence-corrected chi connectivity index (χ2v) is 20.0. The van der Waals surface area contributed by atoms with Crippen LogP contribution in [0.5, 0.6) is 11.6 Å². The third-order valence-electron chi connectivity index (χ3n) is 10.1. The van der Waals surface area contributed by atoms with E-state index in [4.69, 9.17) is 28.1 Å². The van der Waals surface area contributed by atoms with Crippen LogP contribution in [0.2, 0.25) is 16.6 Å². The van der Waals surface area contributed by atoms with Gasteiger partial charge in [-0.05, 0) is 78.4 Å². The second-order valence-electron chi connectivity index (χ2n) is 14.5. The molecular formula is C43H56FNO6Si. The Bertz CT molecular complexity index is 1670. The van der Waals surface area contributed by atoms with E-state index in [1.807, 2.05) is 68.4 Å². The number of hydrogen-bond acceptors (Lipinski definition) is 7. The van der Waals surface area contributed by atoms with Gasteiger partial charge >= 0.3 is 0 Å². The molecule has 0 unspecified atom stereocenters. The standard InChI is InChI=1S/C43H56FNO6Si/c1-9-46-41(23-24-50-52(29(2)3,30(4)5)31(6)7)34-16-18-36(19-17-34)47-26-33-15-21-40(44)39(25-33)38-20-22-42(45-32(38)8)51-37-27-48-43(49-28-37)35-13-11-10-12-14-35/h10-22,25,29-31,37,41,43H,9,23-24,26-28H2,1-8H3/t37?,41-,43?/m0/s1. The molecule has 0 N–H and O–H groups in total. The molecule has 52 heavy (non-hydrogen) atoms. The monoisotopic (exact) mass is 729 g/mol. The summed E-state index contributed by atoms with van der Waals surface area (Å²) in [6, 6.07) is 26.5. The van der Waals surface area contributed by atoms with Crippen molar-refractivity contribution in [3.63, 3.8) is 0 Å². The van der Waals surface area contributed by atoms with E-state index < -0.39 is 14.6 Å². The molecule has 7 nitrogen and oxygen atoms in total. The molecule has 1 aliphatic heterocycles. The average molecular weight is 730 g/mol. The van der Waals surface area contributed by atoms with Crippen molar-refractivity contribution in [1.29, 1.82) is 0 Å². The van der Waals surface area contributed by atoms with Gasteiger partial charge in [0.2, 0.25) is 5.88 Å². The van der Waals surface area contributed by atoms with Crippen molar-refractivity contribution >= 4 is 8.32 Å². The topological polar surface area (TPSA) is 68.3 Å². The second kappa shape index (κ2) is 18.4. The molecule has 0 spiro atoms. The quantitative estimate of drug-likeness (QED) is 0.100. The van der Waals surface area contributed by atoms with E-state index in [-0.39, 0.29) is 18.0 Å². The molecule has 0 amide bonds. The van der Waals surface area contributed by atoms with Gasteiger partial charge in [0, 0.05) is 41.7 Å². The predicted octanol–water partition coefficient (Wildman–Crippen LogP) is 10.9. The molecular weight excluding hydrogens is 674 g/mol. The van der Waals surface area contributed by atoms with E-state index in [2.05, 4.69) is 58.7 Å². The minimum Gasteiger partial charge on any atom is -0.489 e. The highest BCUT2D eigenvalue weighted by Gasteiger charge is 2.45. The summed E-state index contributed by atoms with van der Waals surface area (Å²) in [6.45, 7) is 20.1. The molecule has 4 aromatic rings. The number of rotatable bonds is 17. The zero-order chi connectivity index (χ0) is 37.3. The SMILES string of the molecule is CCO[C@@H](CCO[Si](C(C)C)(C(C)C)C(C)C)c1ccc(OCc2ccc(F)c(-c3ccc(OC4COC(c5ccccc5)OC4)nc3C)c2)cc1. The van der Waals surface area contributed by atoms with E-state index in [1.54, 1.807) is 12.1 Å². The van der Waals surface area contributed by atoms with E-state index in [0.29, 0.717) is 72.4 Å². The first-order valence-corrected chi connectivity index (χ1v) is 20.8. The van der Waals surface area contributed by atoms with Crippen molar-refractivity contribution in [2.45, 2.75) is 104 Å². The molecule has 1 atom stereocenters. The number of ether oxygens (including phenoxy) is 5. The first-order valence-electron chi connectivity index (χ1n) is 18.7. The van der Waals surface area contributed by atoms with Crippen molar-refractivity contribution in [1.82, 2.24) is 4.98 Å². The van der Waals surface area contributed by atoms with E-state index in [0.717, 1.165) is 28.9 Å². The summed E-state index contributed by atoms with van der Waals surface area (Å²) < 4.78 is 52.1. The van der Waals surface area contributed by atoms with Gasteiger partial charge in [-0.1, -0.05) is 90.1 Å². The fraction of sp³-hybridized carbons (Fsp3) is 0.465. The van der Waals surface area contributed by atoms with Crippen LogP contribution < -0.4 is 9.47 Å². The zero-order valence-corrected chi connectivity index (χ0v) is 33.1. The van der Waals surface area contributed by atoms with Crippen LogP contribution in [-0.4, -0.2) is 45.8 Å². The highest BCUT2D eigenvalue weighted by Crippen LogP contribution is 2.42. The Kier molecular flexibility index (Phi) is 14.0. The molecule has 0 bridgehead atoms. The van der Waals surface area contributed by atoms with Gasteiger partial charge in [0.05, 0.1) is 19.3 Å². The number of halogens is 1. The Morgan fingerprint density at radius 1 is 0.827 bits per heavy atom. The van der Waals surface area contributed by atoms with Crippen molar-refractivity contribution in [2.24, 2.45) is 0 Å². The van der Waals surface area contributed by atoms with Crippen molar-refractivity contribution in [3.05, 3.63) is 113 Å². The lowest BCUT2D eigenvalue weighted by Crippen LogP contribution is -2.48. The maximum atomic E-state index is 15.2. The molecule has 0 aliphatic carbocycles. The van der Waals surface area contributed by atoms with E-state index in [1.165, 1.54) is 6.07 Å². The lowest BCUT2D eigenvalue weighted by Gasteiger charge is -2.42. The molecule has 1 fully saturated rings. The van der Waals surface area contributed by atoms with Crippen molar-refractivity contribution in [3.8, 4) is 22.8 Å². The van der Waals surface area contributed by atoms with E-state index in [9.17, 15) is 0 Å². The minimum atomic E-state index is -1.94. The first-order chi connectivity index (χ1) is 25.0. The lowest BCUT2D eigenvalue weighted by molar-refractivity contribution is -0.216. The van der Waals surface area contributed by atoms with Gasteiger partial charge in [0.25, 0.3) is 0 Å². The molecule has 0 saturated carbocycles. The number of hydrogen-bond donors (Lipinski definition) is 0. The largest absolute Gasteiger partial charge is 0.489 e. The van der Waals surface area contributed by atoms with Crippen LogP contribution in [-0.2, 0) is 25.2 Å². The summed E-state index contributed by atoms with van der Waals surface area (Å²) in [6.07, 6.45) is 0.0370. The van der Waals surface area contributed by atoms with Crippen LogP contribution in [0.15, 0.2) is 84.9 Å². The van der Waals surface area contributed by atoms with Gasteiger partial charge in [-0.2, -0.15) is 0 Å². The molecule has 5 rings (SSSR count). The number of aryl methyl sites for hydroxylation is 1. The van der Waals surface area contributed by atoms with Gasteiger partial charge < -0.3 is 28.1 Å². The normalized spacial score (nSPS) is 17.2. The lowest BCUT2D eigenvalue weighted by atomic mass is 10.0. The molecule has 3 aromatic carbocycles. The summed E-state index contributed by atoms with van der Waals surface area (Å²) in [5, 5.41) is 0. The highest BCUT2D eigenvalue weighted by molar-refractivity contribution is 6.77. The van der Waals surface area contributed by atoms with Crippen molar-refractivity contribution in [2.75, 3.05) is 26.4 Å². The average Bonchev–Trinajstić information content (AvgIpc) is 3.13. The Labute approximate surface area is 310 Å². The summed E-state index contributed by atoms with van der Waals surface area (Å²) >= 11 is 0. The summed E-state index contributed by atoms with van der Waals surface area (Å²) in [7, 11) is -1.94. The van der Waals surface area contributed by atoms with Crippen LogP contribution in [0, 0.1) is 12.7 Å². The fourth-order valence-corrected chi connectivity index (χ4v) is 13.1. The van der Waals surface area contributed by atoms with Gasteiger partial charge in [-0.3, -0.25) is 0 Å². The number of aromatic nitrogens is 1. The van der Waals surface area contributed by atoms with Gasteiger partial charge in [-0.25, -0.2) is 9.37 Å². The van der Waals surface area contributed by atoms with Gasteiger partial charge in [0.1, 0.15) is 24.3 Å². The van der Waals surface area contributed by atoms with Crippen LogP contribution >= 0.6 is 0 Å². The third-order valence-corrected chi connectivity index (χ3v) is 16.2. The summed E-state index contributed by atoms with van der Waals surface area (Å²) in [5.41, 5.74) is 6.36. The third kappa shape index (κ3) is 9.68. The van der Waals surface area contributed by atoms with Gasteiger partial charge in [0.15, 0.2) is 14.6 Å². The first kappa shape index (κ1) is 39.6. The van der Waals surface area contributed by atoms with Crippen LogP contribution in [0.25, 0.3) is 11.1 Å². The van der Waals surface area contributed by atoms with Gasteiger partial charge in [-0.15, -0.1) is 0 Å².